The van der Waals surface area contributed by atoms with Crippen molar-refractivity contribution in [2.45, 2.75) is 18.9 Å². The number of fused-ring (bicyclic) bond motifs is 1. The fourth-order valence-corrected chi connectivity index (χ4v) is 2.49. The molecule has 0 unspecified atom stereocenters. The number of benzene rings is 1. The first kappa shape index (κ1) is 12.6. The molecule has 1 amide bonds. The van der Waals surface area contributed by atoms with E-state index in [1.165, 1.54) is 0 Å². The third-order valence-electron chi connectivity index (χ3n) is 3.71. The normalized spacial score (nSPS) is 21.2. The summed E-state index contributed by atoms with van der Waals surface area (Å²) >= 11 is 0. The van der Waals surface area contributed by atoms with Gasteiger partial charge in [-0.15, -0.1) is 0 Å². The fourth-order valence-electron chi connectivity index (χ4n) is 2.49. The van der Waals surface area contributed by atoms with Crippen molar-refractivity contribution in [2.24, 2.45) is 5.92 Å². The van der Waals surface area contributed by atoms with Crippen LogP contribution in [0.25, 0.3) is 10.8 Å². The van der Waals surface area contributed by atoms with Gasteiger partial charge in [0.25, 0.3) is 5.91 Å². The molecule has 1 saturated carbocycles. The predicted molar refractivity (Wildman–Crippen MR) is 73.4 cm³/mol. The lowest BCUT2D eigenvalue weighted by molar-refractivity contribution is -0.145. The van der Waals surface area contributed by atoms with Crippen LogP contribution in [0, 0.1) is 5.92 Å². The second-order valence-corrected chi connectivity index (χ2v) is 5.06. The summed E-state index contributed by atoms with van der Waals surface area (Å²) < 4.78 is 0. The molecule has 0 bridgehead atoms. The Balaban J connectivity index is 1.75. The Morgan fingerprint density at radius 1 is 1.20 bits per heavy atom. The number of hydrogen-bond donors (Lipinski definition) is 2. The van der Waals surface area contributed by atoms with Gasteiger partial charge in [-0.2, -0.15) is 0 Å². The van der Waals surface area contributed by atoms with E-state index in [1.807, 2.05) is 30.3 Å². The first-order valence-electron chi connectivity index (χ1n) is 6.52. The molecular formula is C15H14N2O3. The molecule has 2 N–H and O–H groups in total. The highest BCUT2D eigenvalue weighted by atomic mass is 16.4. The fraction of sp³-hybridized carbons (Fsp3) is 0.267. The Morgan fingerprint density at radius 3 is 2.70 bits per heavy atom. The van der Waals surface area contributed by atoms with Crippen LogP contribution in [0.15, 0.2) is 36.5 Å². The average Bonchev–Trinajstić information content (AvgIpc) is 2.41. The Hall–Kier alpha value is -2.43. The van der Waals surface area contributed by atoms with Crippen molar-refractivity contribution in [3.05, 3.63) is 42.2 Å². The van der Waals surface area contributed by atoms with E-state index in [9.17, 15) is 9.59 Å². The van der Waals surface area contributed by atoms with Gasteiger partial charge in [0.05, 0.1) is 5.92 Å². The van der Waals surface area contributed by atoms with Crippen molar-refractivity contribution in [1.29, 1.82) is 0 Å². The van der Waals surface area contributed by atoms with Crippen LogP contribution in [-0.4, -0.2) is 28.0 Å². The first-order valence-corrected chi connectivity index (χ1v) is 6.52. The van der Waals surface area contributed by atoms with E-state index in [4.69, 9.17) is 5.11 Å². The third-order valence-corrected chi connectivity index (χ3v) is 3.71. The summed E-state index contributed by atoms with van der Waals surface area (Å²) in [4.78, 5) is 27.1. The lowest BCUT2D eigenvalue weighted by Crippen LogP contribution is -2.46. The molecule has 0 aliphatic heterocycles. The van der Waals surface area contributed by atoms with Gasteiger partial charge in [-0.25, -0.2) is 0 Å². The number of carboxylic acid groups (broad SMARTS) is 1. The topological polar surface area (TPSA) is 79.3 Å². The molecule has 1 fully saturated rings. The number of nitrogens with zero attached hydrogens (tertiary/aromatic N) is 1. The van der Waals surface area contributed by atoms with Crippen LogP contribution in [0.4, 0.5) is 0 Å². The number of carbonyl (C=O) groups excluding carboxylic acids is 1. The minimum Gasteiger partial charge on any atom is -0.481 e. The Morgan fingerprint density at radius 2 is 1.95 bits per heavy atom. The maximum absolute atomic E-state index is 12.2. The van der Waals surface area contributed by atoms with E-state index >= 15 is 0 Å². The molecule has 20 heavy (non-hydrogen) atoms. The second kappa shape index (κ2) is 4.92. The largest absolute Gasteiger partial charge is 0.481 e. The van der Waals surface area contributed by atoms with Crippen LogP contribution in [0.5, 0.6) is 0 Å². The van der Waals surface area contributed by atoms with E-state index in [0.29, 0.717) is 18.5 Å². The highest BCUT2D eigenvalue weighted by Crippen LogP contribution is 2.28. The molecule has 1 aromatic carbocycles. The Bertz CT molecular complexity index is 672. The van der Waals surface area contributed by atoms with Gasteiger partial charge in [-0.05, 0) is 24.3 Å². The SMILES string of the molecule is O=C(NC1CC(C(=O)O)C1)c1nccc2ccccc12. The van der Waals surface area contributed by atoms with Crippen molar-refractivity contribution in [3.63, 3.8) is 0 Å². The van der Waals surface area contributed by atoms with E-state index in [-0.39, 0.29) is 17.9 Å². The number of amides is 1. The Kier molecular flexibility index (Phi) is 3.10. The summed E-state index contributed by atoms with van der Waals surface area (Å²) in [6.07, 6.45) is 2.59. The van der Waals surface area contributed by atoms with Crippen LogP contribution in [0.3, 0.4) is 0 Å². The monoisotopic (exact) mass is 270 g/mol. The molecule has 5 heteroatoms. The molecule has 0 radical (unpaired) electrons. The standard InChI is InChI=1S/C15H14N2O3/c18-14(17-11-7-10(8-11)15(19)20)13-12-4-2-1-3-9(12)5-6-16-13/h1-6,10-11H,7-8H2,(H,17,18)(H,19,20). The number of carboxylic acids is 1. The van der Waals surface area contributed by atoms with Crippen molar-refractivity contribution < 1.29 is 14.7 Å². The minimum absolute atomic E-state index is 0.0654. The highest BCUT2D eigenvalue weighted by Gasteiger charge is 2.35. The summed E-state index contributed by atoms with van der Waals surface area (Å²) in [5.74, 6) is -1.37. The number of pyridine rings is 1. The van der Waals surface area contributed by atoms with Crippen molar-refractivity contribution in [3.8, 4) is 0 Å². The van der Waals surface area contributed by atoms with Crippen LogP contribution in [0.1, 0.15) is 23.3 Å². The van der Waals surface area contributed by atoms with E-state index in [1.54, 1.807) is 6.20 Å². The number of aromatic nitrogens is 1. The van der Waals surface area contributed by atoms with Crippen LogP contribution in [0.2, 0.25) is 0 Å². The van der Waals surface area contributed by atoms with E-state index in [0.717, 1.165) is 10.8 Å². The molecule has 1 aliphatic rings. The quantitative estimate of drug-likeness (QED) is 0.891. The zero-order valence-corrected chi connectivity index (χ0v) is 10.7. The van der Waals surface area contributed by atoms with Gasteiger partial charge in [0.1, 0.15) is 5.69 Å². The molecular weight excluding hydrogens is 256 g/mol. The summed E-state index contributed by atoms with van der Waals surface area (Å²) in [6, 6.07) is 9.35. The first-order chi connectivity index (χ1) is 9.65. The van der Waals surface area contributed by atoms with Gasteiger partial charge in [0.15, 0.2) is 0 Å². The molecule has 0 spiro atoms. The van der Waals surface area contributed by atoms with Crippen LogP contribution in [-0.2, 0) is 4.79 Å². The van der Waals surface area contributed by atoms with Crippen LogP contribution >= 0.6 is 0 Å². The molecule has 2 aromatic rings. The molecule has 0 saturated heterocycles. The molecule has 5 nitrogen and oxygen atoms in total. The zero-order valence-electron chi connectivity index (χ0n) is 10.7. The highest BCUT2D eigenvalue weighted by molar-refractivity contribution is 6.05. The summed E-state index contributed by atoms with van der Waals surface area (Å²) in [5.41, 5.74) is 0.391. The third kappa shape index (κ3) is 2.22. The maximum Gasteiger partial charge on any atom is 0.306 e. The van der Waals surface area contributed by atoms with Gasteiger partial charge in [-0.1, -0.05) is 24.3 Å². The predicted octanol–water partition coefficient (Wildman–Crippen LogP) is 1.83. The van der Waals surface area contributed by atoms with Crippen molar-refractivity contribution >= 4 is 22.6 Å². The van der Waals surface area contributed by atoms with Gasteiger partial charge < -0.3 is 10.4 Å². The van der Waals surface area contributed by atoms with Gasteiger partial charge >= 0.3 is 5.97 Å². The van der Waals surface area contributed by atoms with E-state index in [2.05, 4.69) is 10.3 Å². The van der Waals surface area contributed by atoms with Gasteiger partial charge in [0, 0.05) is 17.6 Å². The number of nitrogens with one attached hydrogen (secondary N) is 1. The Labute approximate surface area is 115 Å². The number of aliphatic carboxylic acids is 1. The number of hydrogen-bond acceptors (Lipinski definition) is 3. The molecule has 102 valence electrons. The maximum atomic E-state index is 12.2. The smallest absolute Gasteiger partial charge is 0.306 e. The van der Waals surface area contributed by atoms with E-state index < -0.39 is 5.97 Å². The second-order valence-electron chi connectivity index (χ2n) is 5.06. The molecule has 3 rings (SSSR count). The van der Waals surface area contributed by atoms with Gasteiger partial charge in [-0.3, -0.25) is 14.6 Å². The zero-order chi connectivity index (χ0) is 14.1. The van der Waals surface area contributed by atoms with Gasteiger partial charge in [0.2, 0.25) is 0 Å². The summed E-state index contributed by atoms with van der Waals surface area (Å²) in [7, 11) is 0. The average molecular weight is 270 g/mol. The van der Waals surface area contributed by atoms with Crippen molar-refractivity contribution in [1.82, 2.24) is 10.3 Å². The molecule has 1 aromatic heterocycles. The number of carbonyl (C=O) groups is 2. The minimum atomic E-state index is -0.793. The molecule has 1 heterocycles. The molecule has 0 atom stereocenters. The van der Waals surface area contributed by atoms with Crippen molar-refractivity contribution in [2.75, 3.05) is 0 Å². The lowest BCUT2D eigenvalue weighted by atomic mass is 9.80. The summed E-state index contributed by atoms with van der Waals surface area (Å²) in [5, 5.41) is 13.4. The summed E-state index contributed by atoms with van der Waals surface area (Å²) in [6.45, 7) is 0. The molecule has 1 aliphatic carbocycles. The number of rotatable bonds is 3. The van der Waals surface area contributed by atoms with Crippen LogP contribution < -0.4 is 5.32 Å². The lowest BCUT2D eigenvalue weighted by Gasteiger charge is -2.32.